The van der Waals surface area contributed by atoms with Gasteiger partial charge >= 0.3 is 0 Å². The van der Waals surface area contributed by atoms with Crippen molar-refractivity contribution in [1.29, 1.82) is 0 Å². The predicted molar refractivity (Wildman–Crippen MR) is 107 cm³/mol. The molecule has 2 aromatic carbocycles. The average molecular weight is 387 g/mol. The van der Waals surface area contributed by atoms with E-state index in [1.54, 1.807) is 31.2 Å². The zero-order valence-electron chi connectivity index (χ0n) is 15.8. The van der Waals surface area contributed by atoms with Crippen LogP contribution < -0.4 is 4.31 Å². The van der Waals surface area contributed by atoms with Gasteiger partial charge in [-0.15, -0.1) is 0 Å². The number of benzene rings is 2. The molecule has 1 saturated heterocycles. The summed E-state index contributed by atoms with van der Waals surface area (Å²) < 4.78 is 27.4. The van der Waals surface area contributed by atoms with Gasteiger partial charge < -0.3 is 4.90 Å². The summed E-state index contributed by atoms with van der Waals surface area (Å²) in [7, 11) is -3.67. The van der Waals surface area contributed by atoms with E-state index in [2.05, 4.69) is 6.92 Å². The molecule has 0 saturated carbocycles. The topological polar surface area (TPSA) is 57.7 Å². The first kappa shape index (κ1) is 19.4. The van der Waals surface area contributed by atoms with E-state index in [9.17, 15) is 13.2 Å². The maximum atomic E-state index is 13.0. The van der Waals surface area contributed by atoms with Crippen molar-refractivity contribution in [3.8, 4) is 0 Å². The fourth-order valence-corrected chi connectivity index (χ4v) is 4.85. The third kappa shape index (κ3) is 4.16. The van der Waals surface area contributed by atoms with Crippen LogP contribution in [-0.2, 0) is 10.0 Å². The fraction of sp³-hybridized carbons (Fsp3) is 0.381. The molecule has 6 heteroatoms. The number of hydrogen-bond acceptors (Lipinski definition) is 3. The van der Waals surface area contributed by atoms with Crippen LogP contribution >= 0.6 is 0 Å². The highest BCUT2D eigenvalue weighted by atomic mass is 32.2. The van der Waals surface area contributed by atoms with Crippen LogP contribution in [0.1, 0.15) is 37.0 Å². The zero-order chi connectivity index (χ0) is 19.4. The molecular formula is C21H26N2O3S. The van der Waals surface area contributed by atoms with E-state index in [1.165, 1.54) is 16.4 Å². The Morgan fingerprint density at radius 3 is 2.19 bits per heavy atom. The highest BCUT2D eigenvalue weighted by Gasteiger charge is 2.25. The van der Waals surface area contributed by atoms with E-state index in [4.69, 9.17) is 0 Å². The first-order valence-electron chi connectivity index (χ1n) is 9.40. The summed E-state index contributed by atoms with van der Waals surface area (Å²) in [5.41, 5.74) is 1.16. The molecule has 0 atom stereocenters. The minimum atomic E-state index is -3.67. The second kappa shape index (κ2) is 8.13. The zero-order valence-corrected chi connectivity index (χ0v) is 16.7. The van der Waals surface area contributed by atoms with Gasteiger partial charge in [-0.2, -0.15) is 0 Å². The number of nitrogens with zero attached hydrogens (tertiary/aromatic N) is 2. The van der Waals surface area contributed by atoms with Crippen molar-refractivity contribution >= 4 is 21.6 Å². The van der Waals surface area contributed by atoms with E-state index in [0.29, 0.717) is 23.7 Å². The van der Waals surface area contributed by atoms with Crippen LogP contribution in [0, 0.1) is 5.92 Å². The van der Waals surface area contributed by atoms with Crippen LogP contribution in [0.2, 0.25) is 0 Å². The standard InChI is InChI=1S/C21H26N2O3S/c1-3-23(19-7-5-4-6-8-19)27(25,26)20-11-9-18(10-12-20)21(24)22-15-13-17(2)14-16-22/h4-12,17H,3,13-16H2,1-2H3. The van der Waals surface area contributed by atoms with Crippen molar-refractivity contribution in [2.45, 2.75) is 31.6 Å². The second-order valence-corrected chi connectivity index (χ2v) is 8.87. The van der Waals surface area contributed by atoms with Gasteiger partial charge in [-0.3, -0.25) is 9.10 Å². The monoisotopic (exact) mass is 386 g/mol. The largest absolute Gasteiger partial charge is 0.339 e. The van der Waals surface area contributed by atoms with E-state index >= 15 is 0 Å². The Kier molecular flexibility index (Phi) is 5.85. The molecule has 27 heavy (non-hydrogen) atoms. The number of sulfonamides is 1. The van der Waals surface area contributed by atoms with Gasteiger partial charge in [-0.05, 0) is 62.1 Å². The summed E-state index contributed by atoms with van der Waals surface area (Å²) in [5, 5.41) is 0. The maximum Gasteiger partial charge on any atom is 0.264 e. The summed E-state index contributed by atoms with van der Waals surface area (Å²) in [4.78, 5) is 14.7. The van der Waals surface area contributed by atoms with Gasteiger partial charge in [0.1, 0.15) is 0 Å². The summed E-state index contributed by atoms with van der Waals surface area (Å²) in [6.45, 7) is 5.86. The van der Waals surface area contributed by atoms with Crippen molar-refractivity contribution in [3.05, 3.63) is 60.2 Å². The lowest BCUT2D eigenvalue weighted by atomic mass is 9.98. The van der Waals surface area contributed by atoms with Gasteiger partial charge in [0.25, 0.3) is 15.9 Å². The lowest BCUT2D eigenvalue weighted by Crippen LogP contribution is -2.37. The Hall–Kier alpha value is -2.34. The molecule has 0 aromatic heterocycles. The van der Waals surface area contributed by atoms with E-state index in [-0.39, 0.29) is 10.8 Å². The number of anilines is 1. The van der Waals surface area contributed by atoms with E-state index in [1.807, 2.05) is 23.1 Å². The molecule has 0 unspecified atom stereocenters. The highest BCUT2D eigenvalue weighted by molar-refractivity contribution is 7.92. The van der Waals surface area contributed by atoms with Gasteiger partial charge in [0.2, 0.25) is 0 Å². The molecule has 3 rings (SSSR count). The van der Waals surface area contributed by atoms with Gasteiger partial charge in [0.15, 0.2) is 0 Å². The van der Waals surface area contributed by atoms with Crippen LogP contribution in [0.5, 0.6) is 0 Å². The summed E-state index contributed by atoms with van der Waals surface area (Å²) in [5.74, 6) is 0.626. The van der Waals surface area contributed by atoms with Gasteiger partial charge in [0, 0.05) is 25.2 Å². The number of carbonyl (C=O) groups excluding carboxylic acids is 1. The molecule has 2 aromatic rings. The third-order valence-corrected chi connectivity index (χ3v) is 7.01. The number of rotatable bonds is 5. The molecule has 1 fully saturated rings. The summed E-state index contributed by atoms with van der Waals surface area (Å²) >= 11 is 0. The smallest absolute Gasteiger partial charge is 0.264 e. The van der Waals surface area contributed by atoms with Crippen molar-refractivity contribution in [3.63, 3.8) is 0 Å². The average Bonchev–Trinajstić information content (AvgIpc) is 2.69. The normalized spacial score (nSPS) is 15.6. The quantitative estimate of drug-likeness (QED) is 0.786. The van der Waals surface area contributed by atoms with Crippen molar-refractivity contribution in [1.82, 2.24) is 4.90 Å². The van der Waals surface area contributed by atoms with Crippen LogP contribution in [-0.4, -0.2) is 38.9 Å². The highest BCUT2D eigenvalue weighted by Crippen LogP contribution is 2.24. The molecule has 5 nitrogen and oxygen atoms in total. The predicted octanol–water partition coefficient (Wildman–Crippen LogP) is 3.77. The Bertz CT molecular complexity index is 871. The van der Waals surface area contributed by atoms with Crippen molar-refractivity contribution in [2.24, 2.45) is 5.92 Å². The van der Waals surface area contributed by atoms with Gasteiger partial charge in [0.05, 0.1) is 10.6 Å². The molecule has 0 N–H and O–H groups in total. The maximum absolute atomic E-state index is 13.0. The van der Waals surface area contributed by atoms with Crippen LogP contribution in [0.15, 0.2) is 59.5 Å². The summed E-state index contributed by atoms with van der Waals surface area (Å²) in [6.07, 6.45) is 2.03. The van der Waals surface area contributed by atoms with Gasteiger partial charge in [-0.25, -0.2) is 8.42 Å². The number of para-hydroxylation sites is 1. The third-order valence-electron chi connectivity index (χ3n) is 5.09. The molecule has 0 bridgehead atoms. The molecule has 1 heterocycles. The molecule has 0 aliphatic carbocycles. The SMILES string of the molecule is CCN(c1ccccc1)S(=O)(=O)c1ccc(C(=O)N2CCC(C)CC2)cc1. The fourth-order valence-electron chi connectivity index (χ4n) is 3.38. The number of likely N-dealkylation sites (tertiary alicyclic amines) is 1. The molecular weight excluding hydrogens is 360 g/mol. The molecule has 1 aliphatic heterocycles. The Morgan fingerprint density at radius 1 is 1.04 bits per heavy atom. The minimum absolute atomic E-state index is 0.0266. The molecule has 144 valence electrons. The van der Waals surface area contributed by atoms with Crippen molar-refractivity contribution < 1.29 is 13.2 Å². The van der Waals surface area contributed by atoms with Crippen molar-refractivity contribution in [2.75, 3.05) is 23.9 Å². The Labute approximate surface area is 161 Å². The molecule has 0 radical (unpaired) electrons. The lowest BCUT2D eigenvalue weighted by Gasteiger charge is -2.30. The first-order chi connectivity index (χ1) is 12.9. The first-order valence-corrected chi connectivity index (χ1v) is 10.8. The molecule has 0 spiro atoms. The number of hydrogen-bond donors (Lipinski definition) is 0. The number of amides is 1. The van der Waals surface area contributed by atoms with E-state index < -0.39 is 10.0 Å². The van der Waals surface area contributed by atoms with Crippen LogP contribution in [0.25, 0.3) is 0 Å². The second-order valence-electron chi connectivity index (χ2n) is 7.00. The molecule has 1 amide bonds. The van der Waals surface area contributed by atoms with E-state index in [0.717, 1.165) is 25.9 Å². The number of piperidine rings is 1. The molecule has 1 aliphatic rings. The summed E-state index contributed by atoms with van der Waals surface area (Å²) in [6, 6.07) is 15.3. The van der Waals surface area contributed by atoms with Crippen LogP contribution in [0.4, 0.5) is 5.69 Å². The minimum Gasteiger partial charge on any atom is -0.339 e. The number of carbonyl (C=O) groups is 1. The van der Waals surface area contributed by atoms with Crippen LogP contribution in [0.3, 0.4) is 0 Å². The lowest BCUT2D eigenvalue weighted by molar-refractivity contribution is 0.0697. The Morgan fingerprint density at radius 2 is 1.63 bits per heavy atom. The van der Waals surface area contributed by atoms with Gasteiger partial charge in [-0.1, -0.05) is 25.1 Å². The Balaban J connectivity index is 1.80.